The predicted molar refractivity (Wildman–Crippen MR) is 62.1 cm³/mol. The van der Waals surface area contributed by atoms with Gasteiger partial charge in [-0.2, -0.15) is 0 Å². The number of carbonyl (C=O) groups is 1. The summed E-state index contributed by atoms with van der Waals surface area (Å²) in [6.07, 6.45) is 4.12. The molecule has 0 saturated heterocycles. The van der Waals surface area contributed by atoms with Gasteiger partial charge in [-0.3, -0.25) is 10.1 Å². The summed E-state index contributed by atoms with van der Waals surface area (Å²) in [5.41, 5.74) is -1.17. The number of nitrogens with zero attached hydrogens (tertiary/aromatic N) is 1. The van der Waals surface area contributed by atoms with Crippen LogP contribution in [0.2, 0.25) is 0 Å². The van der Waals surface area contributed by atoms with Crippen LogP contribution >= 0.6 is 0 Å². The highest BCUT2D eigenvalue weighted by molar-refractivity contribution is 5.69. The van der Waals surface area contributed by atoms with Crippen LogP contribution in [0.15, 0.2) is 12.3 Å². The Morgan fingerprint density at radius 3 is 2.41 bits per heavy atom. The number of carbonyl (C=O) groups excluding carboxylic acids is 1. The van der Waals surface area contributed by atoms with Crippen LogP contribution < -0.4 is 5.32 Å². The fraction of sp³-hybridized carbons (Fsp3) is 0.727. The minimum absolute atomic E-state index is 0.531. The molecule has 0 unspecified atom stereocenters. The van der Waals surface area contributed by atoms with Gasteiger partial charge >= 0.3 is 6.09 Å². The van der Waals surface area contributed by atoms with Gasteiger partial charge in [-0.1, -0.05) is 0 Å². The van der Waals surface area contributed by atoms with E-state index in [1.54, 1.807) is 20.8 Å². The second-order valence-electron chi connectivity index (χ2n) is 5.24. The maximum absolute atomic E-state index is 11.6. The first-order valence-electron chi connectivity index (χ1n) is 5.56. The molecule has 6 nitrogen and oxygen atoms in total. The fourth-order valence-corrected chi connectivity index (χ4v) is 1.60. The Balaban J connectivity index is 2.58. The van der Waals surface area contributed by atoms with Crippen LogP contribution in [0, 0.1) is 10.1 Å². The van der Waals surface area contributed by atoms with Crippen LogP contribution in [0.3, 0.4) is 0 Å². The Bertz CT molecular complexity index is 340. The van der Waals surface area contributed by atoms with Crippen LogP contribution in [-0.4, -0.2) is 22.2 Å². The molecule has 0 spiro atoms. The zero-order valence-corrected chi connectivity index (χ0v) is 10.4. The summed E-state index contributed by atoms with van der Waals surface area (Å²) in [4.78, 5) is 21.3. The molecule has 1 amide bonds. The van der Waals surface area contributed by atoms with Gasteiger partial charge in [-0.05, 0) is 40.0 Å². The van der Waals surface area contributed by atoms with Crippen LogP contribution in [0.4, 0.5) is 4.79 Å². The van der Waals surface area contributed by atoms with E-state index in [0.717, 1.165) is 12.6 Å². The van der Waals surface area contributed by atoms with E-state index in [2.05, 4.69) is 5.32 Å². The molecule has 1 N–H and O–H groups in total. The van der Waals surface area contributed by atoms with Gasteiger partial charge < -0.3 is 10.1 Å². The summed E-state index contributed by atoms with van der Waals surface area (Å²) in [5.74, 6) is 0. The number of ether oxygens (including phenoxy) is 1. The first-order chi connectivity index (χ1) is 7.72. The molecule has 1 saturated carbocycles. The summed E-state index contributed by atoms with van der Waals surface area (Å²) >= 11 is 0. The second kappa shape index (κ2) is 4.73. The Morgan fingerprint density at radius 2 is 2.06 bits per heavy atom. The van der Waals surface area contributed by atoms with Crippen molar-refractivity contribution in [2.45, 2.75) is 51.2 Å². The third-order valence-electron chi connectivity index (χ3n) is 2.51. The summed E-state index contributed by atoms with van der Waals surface area (Å²) in [7, 11) is 0. The molecule has 0 aromatic heterocycles. The van der Waals surface area contributed by atoms with E-state index in [0.29, 0.717) is 12.8 Å². The Labute approximate surface area is 100 Å². The number of hydrogen-bond acceptors (Lipinski definition) is 4. The van der Waals surface area contributed by atoms with Crippen LogP contribution in [0.5, 0.6) is 0 Å². The van der Waals surface area contributed by atoms with Gasteiger partial charge in [-0.15, -0.1) is 0 Å². The highest BCUT2D eigenvalue weighted by Crippen LogP contribution is 2.33. The monoisotopic (exact) mass is 242 g/mol. The van der Waals surface area contributed by atoms with Crippen molar-refractivity contribution in [1.82, 2.24) is 5.32 Å². The number of nitrogens with one attached hydrogen (secondary N) is 1. The van der Waals surface area contributed by atoms with E-state index >= 15 is 0 Å². The first kappa shape index (κ1) is 13.5. The van der Waals surface area contributed by atoms with Gasteiger partial charge in [0.05, 0.1) is 10.5 Å². The molecule has 0 bridgehead atoms. The van der Waals surface area contributed by atoms with Crippen molar-refractivity contribution < 1.29 is 14.5 Å². The molecule has 0 atom stereocenters. The molecule has 0 aromatic carbocycles. The molecule has 0 heterocycles. The number of alkyl carbamates (subject to hydrolysis) is 1. The number of nitro groups is 1. The van der Waals surface area contributed by atoms with Crippen LogP contribution in [0.25, 0.3) is 0 Å². The maximum Gasteiger partial charge on any atom is 0.408 e. The minimum atomic E-state index is -0.602. The van der Waals surface area contributed by atoms with Gasteiger partial charge in [0.15, 0.2) is 0 Å². The molecule has 1 rings (SSSR count). The van der Waals surface area contributed by atoms with Gasteiger partial charge in [0.1, 0.15) is 5.60 Å². The molecule has 0 aliphatic heterocycles. The highest BCUT2D eigenvalue weighted by Gasteiger charge is 2.38. The lowest BCUT2D eigenvalue weighted by molar-refractivity contribution is -0.403. The van der Waals surface area contributed by atoms with E-state index in [9.17, 15) is 14.9 Å². The van der Waals surface area contributed by atoms with Gasteiger partial charge in [0.2, 0.25) is 6.20 Å². The fourth-order valence-electron chi connectivity index (χ4n) is 1.60. The van der Waals surface area contributed by atoms with Crippen molar-refractivity contribution in [1.29, 1.82) is 0 Å². The van der Waals surface area contributed by atoms with Gasteiger partial charge in [0, 0.05) is 6.08 Å². The quantitative estimate of drug-likeness (QED) is 0.607. The lowest BCUT2D eigenvalue weighted by atomic mass is 9.77. The third kappa shape index (κ3) is 4.42. The minimum Gasteiger partial charge on any atom is -0.444 e. The Kier molecular flexibility index (Phi) is 3.75. The third-order valence-corrected chi connectivity index (χ3v) is 2.51. The highest BCUT2D eigenvalue weighted by atomic mass is 16.6. The average Bonchev–Trinajstić information content (AvgIpc) is 2.05. The number of hydrogen-bond donors (Lipinski definition) is 1. The zero-order chi connectivity index (χ0) is 13.1. The number of amides is 1. The lowest BCUT2D eigenvalue weighted by Gasteiger charge is -2.39. The normalized spacial score (nSPS) is 18.5. The van der Waals surface area contributed by atoms with Crippen molar-refractivity contribution in [2.24, 2.45) is 0 Å². The number of rotatable bonds is 3. The topological polar surface area (TPSA) is 81.5 Å². The van der Waals surface area contributed by atoms with Crippen LogP contribution in [-0.2, 0) is 4.74 Å². The van der Waals surface area contributed by atoms with Crippen molar-refractivity contribution >= 4 is 6.09 Å². The average molecular weight is 242 g/mol. The molecule has 0 aromatic rings. The van der Waals surface area contributed by atoms with Crippen molar-refractivity contribution in [3.05, 3.63) is 22.4 Å². The summed E-state index contributed by atoms with van der Waals surface area (Å²) < 4.78 is 5.12. The molecular weight excluding hydrogens is 224 g/mol. The van der Waals surface area contributed by atoms with E-state index in [-0.39, 0.29) is 0 Å². The molecule has 0 radical (unpaired) electrons. The summed E-state index contributed by atoms with van der Waals surface area (Å²) in [5, 5.41) is 13.0. The zero-order valence-electron chi connectivity index (χ0n) is 10.4. The first-order valence-corrected chi connectivity index (χ1v) is 5.56. The Morgan fingerprint density at radius 1 is 1.47 bits per heavy atom. The lowest BCUT2D eigenvalue weighted by Crippen LogP contribution is -2.53. The van der Waals surface area contributed by atoms with Crippen molar-refractivity contribution in [3.8, 4) is 0 Å². The van der Waals surface area contributed by atoms with E-state index in [1.165, 1.54) is 6.08 Å². The van der Waals surface area contributed by atoms with Crippen molar-refractivity contribution in [2.75, 3.05) is 0 Å². The SMILES string of the molecule is CC(C)(C)OC(=O)NC1(/C=C/[N+](=O)[O-])CCC1. The Hall–Kier alpha value is -1.59. The second-order valence-corrected chi connectivity index (χ2v) is 5.24. The molecule has 1 aliphatic rings. The van der Waals surface area contributed by atoms with Gasteiger partial charge in [-0.25, -0.2) is 4.79 Å². The molecule has 1 fully saturated rings. The predicted octanol–water partition coefficient (Wildman–Crippen LogP) is 2.22. The van der Waals surface area contributed by atoms with E-state index in [4.69, 9.17) is 4.74 Å². The largest absolute Gasteiger partial charge is 0.444 e. The molecular formula is C11H18N2O4. The molecule has 96 valence electrons. The van der Waals surface area contributed by atoms with Crippen molar-refractivity contribution in [3.63, 3.8) is 0 Å². The van der Waals surface area contributed by atoms with Gasteiger partial charge in [0.25, 0.3) is 0 Å². The van der Waals surface area contributed by atoms with Crippen LogP contribution in [0.1, 0.15) is 40.0 Å². The smallest absolute Gasteiger partial charge is 0.408 e. The standard InChI is InChI=1S/C11H18N2O4/c1-10(2,3)17-9(14)12-11(5-4-6-11)7-8-13(15)16/h7-8H,4-6H2,1-3H3,(H,12,14)/b8-7+. The molecule has 1 aliphatic carbocycles. The summed E-state index contributed by atoms with van der Waals surface area (Å²) in [6.45, 7) is 5.31. The summed E-state index contributed by atoms with van der Waals surface area (Å²) in [6, 6.07) is 0. The van der Waals surface area contributed by atoms with E-state index < -0.39 is 22.2 Å². The maximum atomic E-state index is 11.6. The molecule has 17 heavy (non-hydrogen) atoms. The van der Waals surface area contributed by atoms with E-state index in [1.807, 2.05) is 0 Å². The molecule has 6 heteroatoms.